The van der Waals surface area contributed by atoms with Crippen molar-refractivity contribution in [3.8, 4) is 0 Å². The standard InChI is InChI=1S/C9H13NO/c1-2-4-9(11)8-5-3-6-10-7-8/h3,5-7,9,11H,2,4H2,1H3. The molecule has 2 heteroatoms. The molecule has 1 rings (SSSR count). The number of hydrogen-bond donors (Lipinski definition) is 1. The zero-order valence-corrected chi connectivity index (χ0v) is 6.70. The molecular weight excluding hydrogens is 138 g/mol. The first-order chi connectivity index (χ1) is 5.34. The van der Waals surface area contributed by atoms with Crippen LogP contribution in [-0.2, 0) is 0 Å². The Morgan fingerprint density at radius 2 is 2.45 bits per heavy atom. The predicted octanol–water partition coefficient (Wildman–Crippen LogP) is 1.92. The summed E-state index contributed by atoms with van der Waals surface area (Å²) in [5.41, 5.74) is 0.911. The number of aromatic nitrogens is 1. The van der Waals surface area contributed by atoms with Gasteiger partial charge in [-0.05, 0) is 18.1 Å². The third-order valence-corrected chi connectivity index (χ3v) is 1.63. The molecule has 1 unspecified atom stereocenters. The zero-order valence-electron chi connectivity index (χ0n) is 6.70. The fourth-order valence-electron chi connectivity index (χ4n) is 1.01. The normalized spacial score (nSPS) is 12.9. The summed E-state index contributed by atoms with van der Waals surface area (Å²) in [6.45, 7) is 2.06. The lowest BCUT2D eigenvalue weighted by Gasteiger charge is -2.07. The Bertz CT molecular complexity index is 198. The number of pyridine rings is 1. The quantitative estimate of drug-likeness (QED) is 0.715. The van der Waals surface area contributed by atoms with Gasteiger partial charge in [0.1, 0.15) is 0 Å². The van der Waals surface area contributed by atoms with Gasteiger partial charge in [0.05, 0.1) is 6.10 Å². The lowest BCUT2D eigenvalue weighted by Crippen LogP contribution is -1.96. The van der Waals surface area contributed by atoms with Crippen molar-refractivity contribution in [3.05, 3.63) is 30.1 Å². The van der Waals surface area contributed by atoms with E-state index in [2.05, 4.69) is 11.9 Å². The monoisotopic (exact) mass is 151 g/mol. The molecule has 2 nitrogen and oxygen atoms in total. The van der Waals surface area contributed by atoms with Crippen molar-refractivity contribution in [2.45, 2.75) is 25.9 Å². The SMILES string of the molecule is CCCC(O)c1cccnc1. The molecule has 60 valence electrons. The van der Waals surface area contributed by atoms with E-state index >= 15 is 0 Å². The molecule has 0 aliphatic heterocycles. The van der Waals surface area contributed by atoms with Crippen molar-refractivity contribution in [2.75, 3.05) is 0 Å². The summed E-state index contributed by atoms with van der Waals surface area (Å²) in [7, 11) is 0. The Labute approximate surface area is 66.9 Å². The minimum absolute atomic E-state index is 0.339. The van der Waals surface area contributed by atoms with Crippen LogP contribution in [0.15, 0.2) is 24.5 Å². The predicted molar refractivity (Wildman–Crippen MR) is 44.1 cm³/mol. The van der Waals surface area contributed by atoms with E-state index < -0.39 is 0 Å². The summed E-state index contributed by atoms with van der Waals surface area (Å²) in [6.07, 6.45) is 4.89. The van der Waals surface area contributed by atoms with Crippen LogP contribution in [0.3, 0.4) is 0 Å². The Kier molecular flexibility index (Phi) is 3.05. The van der Waals surface area contributed by atoms with Crippen molar-refractivity contribution in [1.82, 2.24) is 4.98 Å². The van der Waals surface area contributed by atoms with Gasteiger partial charge in [-0.3, -0.25) is 4.98 Å². The molecule has 1 N–H and O–H groups in total. The van der Waals surface area contributed by atoms with Gasteiger partial charge in [0.25, 0.3) is 0 Å². The van der Waals surface area contributed by atoms with Gasteiger partial charge in [0.15, 0.2) is 0 Å². The van der Waals surface area contributed by atoms with E-state index in [0.717, 1.165) is 18.4 Å². The van der Waals surface area contributed by atoms with Gasteiger partial charge in [0, 0.05) is 12.4 Å². The number of hydrogen-bond acceptors (Lipinski definition) is 2. The molecule has 0 aliphatic rings. The summed E-state index contributed by atoms with van der Waals surface area (Å²) in [5.74, 6) is 0. The molecule has 0 spiro atoms. The van der Waals surface area contributed by atoms with Crippen molar-refractivity contribution in [1.29, 1.82) is 0 Å². The highest BCUT2D eigenvalue weighted by molar-refractivity contribution is 5.11. The zero-order chi connectivity index (χ0) is 8.10. The first-order valence-corrected chi connectivity index (χ1v) is 3.92. The molecular formula is C9H13NO. The highest BCUT2D eigenvalue weighted by Crippen LogP contribution is 2.15. The first kappa shape index (κ1) is 8.21. The van der Waals surface area contributed by atoms with Crippen LogP contribution in [0.2, 0.25) is 0 Å². The lowest BCUT2D eigenvalue weighted by molar-refractivity contribution is 0.166. The minimum Gasteiger partial charge on any atom is -0.388 e. The van der Waals surface area contributed by atoms with Crippen molar-refractivity contribution in [3.63, 3.8) is 0 Å². The lowest BCUT2D eigenvalue weighted by atomic mass is 10.1. The van der Waals surface area contributed by atoms with E-state index in [1.807, 2.05) is 12.1 Å². The Morgan fingerprint density at radius 1 is 1.64 bits per heavy atom. The third-order valence-electron chi connectivity index (χ3n) is 1.63. The van der Waals surface area contributed by atoms with Gasteiger partial charge in [-0.2, -0.15) is 0 Å². The highest BCUT2D eigenvalue weighted by atomic mass is 16.3. The fraction of sp³-hybridized carbons (Fsp3) is 0.444. The first-order valence-electron chi connectivity index (χ1n) is 3.92. The van der Waals surface area contributed by atoms with Crippen LogP contribution in [0.5, 0.6) is 0 Å². The molecule has 1 heterocycles. The molecule has 0 radical (unpaired) electrons. The van der Waals surface area contributed by atoms with Gasteiger partial charge in [-0.15, -0.1) is 0 Å². The van der Waals surface area contributed by atoms with Gasteiger partial charge < -0.3 is 5.11 Å². The molecule has 0 bridgehead atoms. The van der Waals surface area contributed by atoms with Crippen LogP contribution in [0.1, 0.15) is 31.4 Å². The smallest absolute Gasteiger partial charge is 0.0804 e. The fourth-order valence-corrected chi connectivity index (χ4v) is 1.01. The van der Waals surface area contributed by atoms with Crippen LogP contribution in [0.4, 0.5) is 0 Å². The minimum atomic E-state index is -0.339. The number of aliphatic hydroxyl groups excluding tert-OH is 1. The van der Waals surface area contributed by atoms with E-state index in [0.29, 0.717) is 0 Å². The second kappa shape index (κ2) is 4.09. The van der Waals surface area contributed by atoms with Crippen molar-refractivity contribution in [2.24, 2.45) is 0 Å². The van der Waals surface area contributed by atoms with Crippen molar-refractivity contribution >= 4 is 0 Å². The molecule has 0 fully saturated rings. The Morgan fingerprint density at radius 3 is 3.00 bits per heavy atom. The van der Waals surface area contributed by atoms with Gasteiger partial charge in [-0.25, -0.2) is 0 Å². The molecule has 0 aromatic carbocycles. The van der Waals surface area contributed by atoms with Crippen LogP contribution < -0.4 is 0 Å². The largest absolute Gasteiger partial charge is 0.388 e. The second-order valence-electron chi connectivity index (χ2n) is 2.59. The molecule has 1 aromatic rings. The molecule has 11 heavy (non-hydrogen) atoms. The van der Waals surface area contributed by atoms with E-state index in [9.17, 15) is 5.11 Å². The molecule has 0 amide bonds. The van der Waals surface area contributed by atoms with E-state index in [1.54, 1.807) is 12.4 Å². The maximum absolute atomic E-state index is 9.48. The Hall–Kier alpha value is -0.890. The summed E-state index contributed by atoms with van der Waals surface area (Å²) in [4.78, 5) is 3.93. The van der Waals surface area contributed by atoms with Gasteiger partial charge in [0.2, 0.25) is 0 Å². The van der Waals surface area contributed by atoms with E-state index in [4.69, 9.17) is 0 Å². The maximum Gasteiger partial charge on any atom is 0.0804 e. The summed E-state index contributed by atoms with van der Waals surface area (Å²) < 4.78 is 0. The Balaban J connectivity index is 2.61. The van der Waals surface area contributed by atoms with Crippen LogP contribution >= 0.6 is 0 Å². The van der Waals surface area contributed by atoms with E-state index in [-0.39, 0.29) is 6.10 Å². The van der Waals surface area contributed by atoms with Crippen LogP contribution in [0, 0.1) is 0 Å². The average Bonchev–Trinajstić information content (AvgIpc) is 2.07. The van der Waals surface area contributed by atoms with Gasteiger partial charge in [-0.1, -0.05) is 19.4 Å². The maximum atomic E-state index is 9.48. The topological polar surface area (TPSA) is 33.1 Å². The highest BCUT2D eigenvalue weighted by Gasteiger charge is 2.03. The van der Waals surface area contributed by atoms with Crippen molar-refractivity contribution < 1.29 is 5.11 Å². The molecule has 1 atom stereocenters. The average molecular weight is 151 g/mol. The summed E-state index contributed by atoms with van der Waals surface area (Å²) in [6, 6.07) is 3.74. The number of nitrogens with zero attached hydrogens (tertiary/aromatic N) is 1. The summed E-state index contributed by atoms with van der Waals surface area (Å²) in [5, 5.41) is 9.48. The molecule has 0 saturated carbocycles. The van der Waals surface area contributed by atoms with E-state index in [1.165, 1.54) is 0 Å². The van der Waals surface area contributed by atoms with Crippen LogP contribution in [0.25, 0.3) is 0 Å². The molecule has 0 saturated heterocycles. The molecule has 1 aromatic heterocycles. The van der Waals surface area contributed by atoms with Gasteiger partial charge >= 0.3 is 0 Å². The second-order valence-corrected chi connectivity index (χ2v) is 2.59. The third kappa shape index (κ3) is 2.31. The summed E-state index contributed by atoms with van der Waals surface area (Å²) >= 11 is 0. The molecule has 0 aliphatic carbocycles. The van der Waals surface area contributed by atoms with Crippen LogP contribution in [-0.4, -0.2) is 10.1 Å². The number of aliphatic hydroxyl groups is 1. The number of rotatable bonds is 3.